The molecule has 0 aliphatic carbocycles. The molecule has 0 unspecified atom stereocenters. The van der Waals surface area contributed by atoms with Crippen molar-refractivity contribution in [1.82, 2.24) is 15.2 Å². The van der Waals surface area contributed by atoms with Gasteiger partial charge in [-0.05, 0) is 5.56 Å². The molecule has 0 saturated carbocycles. The van der Waals surface area contributed by atoms with Gasteiger partial charge in [-0.15, -0.1) is 11.3 Å². The number of thiophene rings is 1. The van der Waals surface area contributed by atoms with Gasteiger partial charge in [-0.1, -0.05) is 30.3 Å². The number of nitrogens with zero attached hydrogens (tertiary/aromatic N) is 3. The van der Waals surface area contributed by atoms with E-state index in [1.54, 1.807) is 0 Å². The fraction of sp³-hybridized carbons (Fsp3) is 0.286. The van der Waals surface area contributed by atoms with Crippen molar-refractivity contribution in [1.29, 1.82) is 5.26 Å². The number of nitrogen functional groups attached to an aromatic ring is 2. The molecule has 5 N–H and O–H groups in total. The van der Waals surface area contributed by atoms with Gasteiger partial charge in [-0.3, -0.25) is 9.69 Å². The highest BCUT2D eigenvalue weighted by atomic mass is 32.1. The normalized spacial score (nSPS) is 14.5. The van der Waals surface area contributed by atoms with Crippen molar-refractivity contribution in [3.63, 3.8) is 0 Å². The van der Waals surface area contributed by atoms with Gasteiger partial charge in [0, 0.05) is 37.1 Å². The number of hydrogen-bond acceptors (Lipinski definition) is 8. The molecular formula is C21H22N6O2S. The molecule has 1 aliphatic heterocycles. The Bertz CT molecular complexity index is 1120. The maximum atomic E-state index is 12.8. The number of fused-ring (bicyclic) bond motifs is 1. The summed E-state index contributed by atoms with van der Waals surface area (Å²) in [5.41, 5.74) is 14.4. The van der Waals surface area contributed by atoms with Gasteiger partial charge in [0.2, 0.25) is 0 Å². The Balaban J connectivity index is 1.66. The van der Waals surface area contributed by atoms with Crippen molar-refractivity contribution in [3.8, 4) is 17.2 Å². The van der Waals surface area contributed by atoms with Crippen LogP contribution in [-0.2, 0) is 4.74 Å². The van der Waals surface area contributed by atoms with Gasteiger partial charge < -0.3 is 21.5 Å². The highest BCUT2D eigenvalue weighted by Crippen LogP contribution is 2.42. The summed E-state index contributed by atoms with van der Waals surface area (Å²) in [6.45, 7) is 4.42. The van der Waals surface area contributed by atoms with Crippen molar-refractivity contribution in [2.45, 2.75) is 0 Å². The lowest BCUT2D eigenvalue weighted by Crippen LogP contribution is -2.41. The smallest absolute Gasteiger partial charge is 0.263 e. The first-order chi connectivity index (χ1) is 14.6. The Morgan fingerprint density at radius 3 is 2.70 bits per heavy atom. The van der Waals surface area contributed by atoms with Crippen LogP contribution in [0.25, 0.3) is 21.3 Å². The highest BCUT2D eigenvalue weighted by molar-refractivity contribution is 7.21. The van der Waals surface area contributed by atoms with Crippen LogP contribution in [-0.4, -0.2) is 55.2 Å². The van der Waals surface area contributed by atoms with Gasteiger partial charge >= 0.3 is 0 Å². The number of carbonyl (C=O) groups is 1. The number of morpholine rings is 1. The van der Waals surface area contributed by atoms with Gasteiger partial charge in [0.05, 0.1) is 18.9 Å². The number of nitriles is 1. The second-order valence-corrected chi connectivity index (χ2v) is 7.96. The third-order valence-corrected chi connectivity index (χ3v) is 6.20. The predicted octanol–water partition coefficient (Wildman–Crippen LogP) is 2.06. The molecule has 0 bridgehead atoms. The van der Waals surface area contributed by atoms with E-state index in [1.165, 1.54) is 11.3 Å². The first-order valence-electron chi connectivity index (χ1n) is 9.65. The van der Waals surface area contributed by atoms with Crippen molar-refractivity contribution >= 4 is 39.0 Å². The van der Waals surface area contributed by atoms with Crippen LogP contribution in [0.2, 0.25) is 0 Å². The van der Waals surface area contributed by atoms with Crippen LogP contribution in [0.3, 0.4) is 0 Å². The molecule has 3 heterocycles. The lowest BCUT2D eigenvalue weighted by molar-refractivity contribution is 0.0383. The minimum Gasteiger partial charge on any atom is -0.397 e. The first kappa shape index (κ1) is 20.1. The summed E-state index contributed by atoms with van der Waals surface area (Å²) in [6.07, 6.45) is 0. The number of hydrogen-bond donors (Lipinski definition) is 3. The van der Waals surface area contributed by atoms with Crippen LogP contribution in [0.1, 0.15) is 15.2 Å². The summed E-state index contributed by atoms with van der Waals surface area (Å²) in [4.78, 5) is 20.3. The molecule has 2 aromatic heterocycles. The standard InChI is InChI=1S/C21H22N6O2S/c22-12-14-15(13-4-2-1-3-5-13)16-17(23)18(30-21(16)26-19(14)24)20(28)25-6-7-27-8-10-29-11-9-27/h1-5H,6-11,23H2,(H2,24,26)(H,25,28). The zero-order valence-electron chi connectivity index (χ0n) is 16.4. The van der Waals surface area contributed by atoms with E-state index >= 15 is 0 Å². The third-order valence-electron chi connectivity index (χ3n) is 5.10. The fourth-order valence-electron chi connectivity index (χ4n) is 3.58. The predicted molar refractivity (Wildman–Crippen MR) is 118 cm³/mol. The topological polar surface area (TPSA) is 130 Å². The average Bonchev–Trinajstić information content (AvgIpc) is 3.10. The number of nitrogens with one attached hydrogen (secondary N) is 1. The van der Waals surface area contributed by atoms with E-state index in [1.807, 2.05) is 30.3 Å². The van der Waals surface area contributed by atoms with E-state index in [9.17, 15) is 10.1 Å². The summed E-state index contributed by atoms with van der Waals surface area (Å²) in [5, 5.41) is 13.2. The van der Waals surface area contributed by atoms with Gasteiger partial charge in [0.15, 0.2) is 0 Å². The number of amides is 1. The second kappa shape index (κ2) is 8.67. The highest BCUT2D eigenvalue weighted by Gasteiger charge is 2.24. The van der Waals surface area contributed by atoms with Crippen molar-refractivity contribution < 1.29 is 9.53 Å². The maximum Gasteiger partial charge on any atom is 0.263 e. The number of carbonyl (C=O) groups excluding carboxylic acids is 1. The number of ether oxygens (including phenoxy) is 1. The van der Waals surface area contributed by atoms with Crippen molar-refractivity contribution in [2.24, 2.45) is 0 Å². The molecule has 1 aliphatic rings. The number of aromatic nitrogens is 1. The monoisotopic (exact) mass is 422 g/mol. The molecule has 0 radical (unpaired) electrons. The quantitative estimate of drug-likeness (QED) is 0.574. The van der Waals surface area contributed by atoms with Crippen LogP contribution < -0.4 is 16.8 Å². The SMILES string of the molecule is N#Cc1c(N)nc2sc(C(=O)NCCN3CCOCC3)c(N)c2c1-c1ccccc1. The Labute approximate surface area is 178 Å². The number of benzene rings is 1. The molecule has 1 aromatic carbocycles. The lowest BCUT2D eigenvalue weighted by atomic mass is 9.97. The van der Waals surface area contributed by atoms with Gasteiger partial charge in [0.1, 0.15) is 27.2 Å². The molecule has 30 heavy (non-hydrogen) atoms. The molecule has 1 amide bonds. The molecule has 0 atom stereocenters. The van der Waals surface area contributed by atoms with Crippen LogP contribution >= 0.6 is 11.3 Å². The minimum atomic E-state index is -0.250. The average molecular weight is 423 g/mol. The molecule has 0 spiro atoms. The first-order valence-corrected chi connectivity index (χ1v) is 10.5. The zero-order valence-corrected chi connectivity index (χ0v) is 17.2. The van der Waals surface area contributed by atoms with Crippen LogP contribution in [0, 0.1) is 11.3 Å². The number of rotatable bonds is 5. The van der Waals surface area contributed by atoms with Gasteiger partial charge in [-0.2, -0.15) is 5.26 Å². The summed E-state index contributed by atoms with van der Waals surface area (Å²) in [6, 6.07) is 11.5. The Morgan fingerprint density at radius 2 is 2.00 bits per heavy atom. The van der Waals surface area contributed by atoms with Gasteiger partial charge in [0.25, 0.3) is 5.91 Å². The van der Waals surface area contributed by atoms with Crippen LogP contribution in [0.15, 0.2) is 30.3 Å². The van der Waals surface area contributed by atoms with Crippen LogP contribution in [0.5, 0.6) is 0 Å². The lowest BCUT2D eigenvalue weighted by Gasteiger charge is -2.26. The summed E-state index contributed by atoms with van der Waals surface area (Å²) in [7, 11) is 0. The van der Waals surface area contributed by atoms with Crippen molar-refractivity contribution in [2.75, 3.05) is 50.9 Å². The Hall–Kier alpha value is -3.19. The van der Waals surface area contributed by atoms with E-state index in [2.05, 4.69) is 21.3 Å². The largest absolute Gasteiger partial charge is 0.397 e. The van der Waals surface area contributed by atoms with E-state index < -0.39 is 0 Å². The zero-order chi connectivity index (χ0) is 21.1. The molecule has 3 aromatic rings. The van der Waals surface area contributed by atoms with Crippen LogP contribution in [0.4, 0.5) is 11.5 Å². The molecule has 1 fully saturated rings. The molecule has 4 rings (SSSR count). The van der Waals surface area contributed by atoms with E-state index in [-0.39, 0.29) is 17.3 Å². The number of anilines is 2. The Morgan fingerprint density at radius 1 is 1.27 bits per heavy atom. The summed E-state index contributed by atoms with van der Waals surface area (Å²) < 4.78 is 5.34. The summed E-state index contributed by atoms with van der Waals surface area (Å²) in [5.74, 6) is -0.121. The number of nitrogens with two attached hydrogens (primary N) is 2. The van der Waals surface area contributed by atoms with E-state index in [0.717, 1.165) is 25.2 Å². The minimum absolute atomic E-state index is 0.129. The van der Waals surface area contributed by atoms with Crippen molar-refractivity contribution in [3.05, 3.63) is 40.8 Å². The molecule has 154 valence electrons. The third kappa shape index (κ3) is 3.80. The van der Waals surface area contributed by atoms with Gasteiger partial charge in [-0.25, -0.2) is 4.98 Å². The Kier molecular flexibility index (Phi) is 5.81. The maximum absolute atomic E-state index is 12.8. The molecule has 8 nitrogen and oxygen atoms in total. The summed E-state index contributed by atoms with van der Waals surface area (Å²) >= 11 is 1.19. The van der Waals surface area contributed by atoms with E-state index in [0.29, 0.717) is 46.1 Å². The second-order valence-electron chi connectivity index (χ2n) is 6.96. The molecule has 9 heteroatoms. The molecular weight excluding hydrogens is 400 g/mol. The molecule has 1 saturated heterocycles. The fourth-order valence-corrected chi connectivity index (χ4v) is 4.61. The van der Waals surface area contributed by atoms with E-state index in [4.69, 9.17) is 16.2 Å². The number of pyridine rings is 1.